The quantitative estimate of drug-likeness (QED) is 0.443. The molecule has 2 aromatic rings. The summed E-state index contributed by atoms with van der Waals surface area (Å²) in [5, 5.41) is 5.20. The highest BCUT2D eigenvalue weighted by atomic mass is 35.5. The lowest BCUT2D eigenvalue weighted by molar-refractivity contribution is 0.240. The average molecular weight is 459 g/mol. The largest absolute Gasteiger partial charge is 0.493 e. The summed E-state index contributed by atoms with van der Waals surface area (Å²) in [5.74, 6) is 1.05. The summed E-state index contributed by atoms with van der Waals surface area (Å²) in [7, 11) is 1.60. The summed E-state index contributed by atoms with van der Waals surface area (Å²) < 4.78 is 11.5. The van der Waals surface area contributed by atoms with Crippen molar-refractivity contribution in [3.05, 3.63) is 56.5 Å². The second kappa shape index (κ2) is 9.78. The van der Waals surface area contributed by atoms with Crippen LogP contribution in [0.5, 0.6) is 11.5 Å². The van der Waals surface area contributed by atoms with Crippen molar-refractivity contribution in [2.75, 3.05) is 7.11 Å². The molecule has 0 heterocycles. The van der Waals surface area contributed by atoms with Gasteiger partial charge in [0, 0.05) is 27.7 Å². The van der Waals surface area contributed by atoms with Crippen LogP contribution in [-0.2, 0) is 13.2 Å². The zero-order valence-corrected chi connectivity index (χ0v) is 20.2. The molecular formula is C23H30Cl3NO2. The van der Waals surface area contributed by atoms with Crippen LogP contribution in [0.15, 0.2) is 30.3 Å². The van der Waals surface area contributed by atoms with Crippen LogP contribution in [0, 0.1) is 5.41 Å². The Hall–Kier alpha value is -1.13. The van der Waals surface area contributed by atoms with E-state index in [0.29, 0.717) is 38.7 Å². The fourth-order valence-corrected chi connectivity index (χ4v) is 4.35. The summed E-state index contributed by atoms with van der Waals surface area (Å²) in [5.41, 5.74) is 1.97. The SMILES string of the molecule is COc1cc(CNC(C)(C)CC(C)(C)C)cc(Cl)c1OCc1c(Cl)cccc1Cl. The average Bonchev–Trinajstić information content (AvgIpc) is 2.58. The van der Waals surface area contributed by atoms with Crippen molar-refractivity contribution in [1.29, 1.82) is 0 Å². The second-order valence-corrected chi connectivity index (χ2v) is 10.3. The Bertz CT molecular complexity index is 824. The van der Waals surface area contributed by atoms with Crippen LogP contribution in [0.4, 0.5) is 0 Å². The Labute approximate surface area is 189 Å². The van der Waals surface area contributed by atoms with Crippen LogP contribution in [0.25, 0.3) is 0 Å². The van der Waals surface area contributed by atoms with E-state index in [9.17, 15) is 0 Å². The number of hydrogen-bond acceptors (Lipinski definition) is 3. The Kier molecular flexibility index (Phi) is 8.15. The molecule has 0 spiro atoms. The van der Waals surface area contributed by atoms with Gasteiger partial charge in [0.1, 0.15) is 6.61 Å². The van der Waals surface area contributed by atoms with Gasteiger partial charge in [0.25, 0.3) is 0 Å². The highest BCUT2D eigenvalue weighted by molar-refractivity contribution is 6.36. The second-order valence-electron chi connectivity index (χ2n) is 9.07. The molecule has 3 nitrogen and oxygen atoms in total. The van der Waals surface area contributed by atoms with Crippen LogP contribution in [0.3, 0.4) is 0 Å². The van der Waals surface area contributed by atoms with Crippen LogP contribution in [0.2, 0.25) is 15.1 Å². The monoisotopic (exact) mass is 457 g/mol. The van der Waals surface area contributed by atoms with E-state index in [2.05, 4.69) is 39.9 Å². The minimum Gasteiger partial charge on any atom is -0.493 e. The zero-order valence-electron chi connectivity index (χ0n) is 18.0. The first kappa shape index (κ1) is 24.1. The molecule has 0 aliphatic heterocycles. The summed E-state index contributed by atoms with van der Waals surface area (Å²) in [6, 6.07) is 9.19. The smallest absolute Gasteiger partial charge is 0.180 e. The molecule has 0 aliphatic carbocycles. The van der Waals surface area contributed by atoms with Crippen LogP contribution >= 0.6 is 34.8 Å². The van der Waals surface area contributed by atoms with Gasteiger partial charge in [-0.15, -0.1) is 0 Å². The van der Waals surface area contributed by atoms with Gasteiger partial charge in [-0.25, -0.2) is 0 Å². The highest BCUT2D eigenvalue weighted by Crippen LogP contribution is 2.38. The molecule has 0 radical (unpaired) electrons. The van der Waals surface area contributed by atoms with Gasteiger partial charge < -0.3 is 14.8 Å². The molecule has 6 heteroatoms. The van der Waals surface area contributed by atoms with E-state index in [0.717, 1.165) is 12.0 Å². The fraction of sp³-hybridized carbons (Fsp3) is 0.478. The van der Waals surface area contributed by atoms with Gasteiger partial charge in [0.2, 0.25) is 0 Å². The Morgan fingerprint density at radius 2 is 1.55 bits per heavy atom. The molecule has 0 saturated carbocycles. The first-order chi connectivity index (χ1) is 13.4. The lowest BCUT2D eigenvalue weighted by Crippen LogP contribution is -2.41. The summed E-state index contributed by atoms with van der Waals surface area (Å²) in [4.78, 5) is 0. The number of ether oxygens (including phenoxy) is 2. The van der Waals surface area contributed by atoms with Crippen molar-refractivity contribution >= 4 is 34.8 Å². The number of methoxy groups -OCH3 is 1. The molecule has 0 atom stereocenters. The molecule has 160 valence electrons. The molecule has 0 fully saturated rings. The van der Waals surface area contributed by atoms with Gasteiger partial charge in [0.05, 0.1) is 12.1 Å². The molecule has 0 bridgehead atoms. The summed E-state index contributed by atoms with van der Waals surface area (Å²) in [6.45, 7) is 12.0. The number of nitrogens with one attached hydrogen (secondary N) is 1. The third-order valence-electron chi connectivity index (χ3n) is 4.46. The van der Waals surface area contributed by atoms with E-state index in [1.165, 1.54) is 0 Å². The Morgan fingerprint density at radius 1 is 0.931 bits per heavy atom. The third-order valence-corrected chi connectivity index (χ3v) is 5.44. The predicted octanol–water partition coefficient (Wildman–Crippen LogP) is 7.54. The van der Waals surface area contributed by atoms with E-state index in [-0.39, 0.29) is 17.6 Å². The van der Waals surface area contributed by atoms with Gasteiger partial charge >= 0.3 is 0 Å². The van der Waals surface area contributed by atoms with Crippen molar-refractivity contribution in [1.82, 2.24) is 5.32 Å². The van der Waals surface area contributed by atoms with Crippen LogP contribution in [0.1, 0.15) is 52.2 Å². The lowest BCUT2D eigenvalue weighted by atomic mass is 9.82. The van der Waals surface area contributed by atoms with E-state index in [4.69, 9.17) is 44.3 Å². The maximum Gasteiger partial charge on any atom is 0.180 e. The molecule has 2 rings (SSSR count). The molecule has 29 heavy (non-hydrogen) atoms. The van der Waals surface area contributed by atoms with E-state index < -0.39 is 0 Å². The minimum atomic E-state index is -0.00601. The summed E-state index contributed by atoms with van der Waals surface area (Å²) in [6.07, 6.45) is 1.05. The van der Waals surface area contributed by atoms with Gasteiger partial charge in [-0.2, -0.15) is 0 Å². The lowest BCUT2D eigenvalue weighted by Gasteiger charge is -2.33. The number of benzene rings is 2. The van der Waals surface area contributed by atoms with Gasteiger partial charge in [0.15, 0.2) is 11.5 Å². The van der Waals surface area contributed by atoms with E-state index in [1.54, 1.807) is 25.3 Å². The van der Waals surface area contributed by atoms with E-state index in [1.807, 2.05) is 12.1 Å². The number of hydrogen-bond donors (Lipinski definition) is 1. The van der Waals surface area contributed by atoms with Gasteiger partial charge in [-0.1, -0.05) is 61.6 Å². The fourth-order valence-electron chi connectivity index (χ4n) is 3.56. The topological polar surface area (TPSA) is 30.5 Å². The Balaban J connectivity index is 2.15. The molecule has 0 aliphatic rings. The maximum absolute atomic E-state index is 6.52. The normalized spacial score (nSPS) is 12.2. The first-order valence-electron chi connectivity index (χ1n) is 9.59. The molecule has 0 saturated heterocycles. The zero-order chi connectivity index (χ0) is 21.8. The van der Waals surface area contributed by atoms with Crippen molar-refractivity contribution in [2.45, 2.75) is 59.7 Å². The third kappa shape index (κ3) is 7.25. The van der Waals surface area contributed by atoms with E-state index >= 15 is 0 Å². The maximum atomic E-state index is 6.52. The van der Waals surface area contributed by atoms with Crippen LogP contribution < -0.4 is 14.8 Å². The molecular weight excluding hydrogens is 429 g/mol. The van der Waals surface area contributed by atoms with Gasteiger partial charge in [-0.3, -0.25) is 0 Å². The minimum absolute atomic E-state index is 0.00601. The summed E-state index contributed by atoms with van der Waals surface area (Å²) >= 11 is 19.0. The van der Waals surface area contributed by atoms with Gasteiger partial charge in [-0.05, 0) is 55.5 Å². The van der Waals surface area contributed by atoms with Crippen molar-refractivity contribution < 1.29 is 9.47 Å². The molecule has 0 unspecified atom stereocenters. The standard InChI is InChI=1S/C23H30Cl3NO2/c1-22(2,3)14-23(4,5)27-12-15-10-19(26)21(20(11-15)28-6)29-13-16-17(24)8-7-9-18(16)25/h7-11,27H,12-14H2,1-6H3. The van der Waals surface area contributed by atoms with Crippen molar-refractivity contribution in [3.63, 3.8) is 0 Å². The van der Waals surface area contributed by atoms with Crippen LogP contribution in [-0.4, -0.2) is 12.6 Å². The molecule has 2 aromatic carbocycles. The molecule has 0 aromatic heterocycles. The first-order valence-corrected chi connectivity index (χ1v) is 10.7. The highest BCUT2D eigenvalue weighted by Gasteiger charge is 2.25. The Morgan fingerprint density at radius 3 is 2.10 bits per heavy atom. The van der Waals surface area contributed by atoms with Crippen molar-refractivity contribution in [3.8, 4) is 11.5 Å². The number of halogens is 3. The van der Waals surface area contributed by atoms with Crippen molar-refractivity contribution in [2.24, 2.45) is 5.41 Å². The number of rotatable bonds is 8. The molecule has 0 amide bonds. The molecule has 1 N–H and O–H groups in total. The predicted molar refractivity (Wildman–Crippen MR) is 124 cm³/mol.